The van der Waals surface area contributed by atoms with Gasteiger partial charge in [-0.1, -0.05) is 12.1 Å². The minimum atomic E-state index is -0.143. The average Bonchev–Trinajstić information content (AvgIpc) is 3.23. The molecule has 1 aliphatic carbocycles. The van der Waals surface area contributed by atoms with Crippen LogP contribution in [0.25, 0.3) is 0 Å². The van der Waals surface area contributed by atoms with Crippen molar-refractivity contribution < 1.29 is 4.39 Å². The predicted molar refractivity (Wildman–Crippen MR) is 80.4 cm³/mol. The smallest absolute Gasteiger partial charge is 0.146 e. The third-order valence-corrected chi connectivity index (χ3v) is 4.41. The first-order chi connectivity index (χ1) is 9.65. The average molecular weight is 277 g/mol. The lowest BCUT2D eigenvalue weighted by molar-refractivity contribution is 0.247. The number of nitrogens with two attached hydrogens (primary N) is 1. The van der Waals surface area contributed by atoms with Gasteiger partial charge in [0.25, 0.3) is 0 Å². The number of hydrogen-bond donors (Lipinski definition) is 1. The summed E-state index contributed by atoms with van der Waals surface area (Å²) >= 11 is 0. The van der Waals surface area contributed by atoms with Crippen molar-refractivity contribution in [1.82, 2.24) is 4.90 Å². The molecule has 20 heavy (non-hydrogen) atoms. The molecule has 0 radical (unpaired) electrons. The highest BCUT2D eigenvalue weighted by Crippen LogP contribution is 2.32. The number of nitrogens with zero attached hydrogens (tertiary/aromatic N) is 2. The molecule has 2 fully saturated rings. The predicted octanol–water partition coefficient (Wildman–Crippen LogP) is 2.38. The number of piperazine rings is 1. The maximum atomic E-state index is 14.2. The minimum absolute atomic E-state index is 0.134. The molecule has 2 aliphatic rings. The molecular weight excluding hydrogens is 253 g/mol. The molecule has 0 amide bonds. The van der Waals surface area contributed by atoms with Crippen LogP contribution in [-0.2, 0) is 0 Å². The van der Waals surface area contributed by atoms with Gasteiger partial charge in [0.2, 0.25) is 0 Å². The molecule has 3 nitrogen and oxygen atoms in total. The van der Waals surface area contributed by atoms with Crippen LogP contribution in [-0.4, -0.2) is 37.6 Å². The number of rotatable bonds is 4. The molecular formula is C16H24FN3. The second-order valence-corrected chi connectivity index (χ2v) is 6.20. The standard InChI is InChI=1S/C16H24FN3/c1-12(18)14-3-2-4-15(17)16(14)20-9-7-19(8-10-20)11-13-5-6-13/h2-4,12-13H,5-11,18H2,1H3. The number of para-hydroxylation sites is 1. The molecule has 2 N–H and O–H groups in total. The monoisotopic (exact) mass is 277 g/mol. The van der Waals surface area contributed by atoms with Crippen LogP contribution >= 0.6 is 0 Å². The Balaban J connectivity index is 1.70. The van der Waals surface area contributed by atoms with E-state index >= 15 is 0 Å². The zero-order valence-corrected chi connectivity index (χ0v) is 12.2. The van der Waals surface area contributed by atoms with Gasteiger partial charge in [0.15, 0.2) is 0 Å². The zero-order valence-electron chi connectivity index (χ0n) is 12.2. The van der Waals surface area contributed by atoms with Gasteiger partial charge < -0.3 is 10.6 Å². The third kappa shape index (κ3) is 2.96. The lowest BCUT2D eigenvalue weighted by Gasteiger charge is -2.37. The molecule has 1 atom stereocenters. The molecule has 1 aromatic carbocycles. The van der Waals surface area contributed by atoms with Crippen molar-refractivity contribution in [2.75, 3.05) is 37.6 Å². The van der Waals surface area contributed by atoms with Crippen LogP contribution in [0.5, 0.6) is 0 Å². The highest BCUT2D eigenvalue weighted by atomic mass is 19.1. The highest BCUT2D eigenvalue weighted by molar-refractivity contribution is 5.56. The summed E-state index contributed by atoms with van der Waals surface area (Å²) in [4.78, 5) is 4.68. The summed E-state index contributed by atoms with van der Waals surface area (Å²) in [6.07, 6.45) is 2.78. The van der Waals surface area contributed by atoms with E-state index < -0.39 is 0 Å². The van der Waals surface area contributed by atoms with Crippen molar-refractivity contribution >= 4 is 5.69 Å². The van der Waals surface area contributed by atoms with Gasteiger partial charge in [0.1, 0.15) is 5.82 Å². The SMILES string of the molecule is CC(N)c1cccc(F)c1N1CCN(CC2CC2)CC1. The summed E-state index contributed by atoms with van der Waals surface area (Å²) in [5, 5.41) is 0. The van der Waals surface area contributed by atoms with E-state index in [0.717, 1.165) is 37.7 Å². The maximum Gasteiger partial charge on any atom is 0.146 e. The van der Waals surface area contributed by atoms with Gasteiger partial charge in [-0.2, -0.15) is 0 Å². The van der Waals surface area contributed by atoms with E-state index in [-0.39, 0.29) is 11.9 Å². The first kappa shape index (κ1) is 13.8. The molecule has 3 rings (SSSR count). The van der Waals surface area contributed by atoms with E-state index in [2.05, 4.69) is 9.80 Å². The van der Waals surface area contributed by atoms with Gasteiger partial charge in [-0.05, 0) is 37.3 Å². The Morgan fingerprint density at radius 2 is 1.95 bits per heavy atom. The fraction of sp³-hybridized carbons (Fsp3) is 0.625. The van der Waals surface area contributed by atoms with Crippen LogP contribution in [0.15, 0.2) is 18.2 Å². The first-order valence-corrected chi connectivity index (χ1v) is 7.66. The minimum Gasteiger partial charge on any atom is -0.366 e. The molecule has 1 unspecified atom stereocenters. The topological polar surface area (TPSA) is 32.5 Å². The lowest BCUT2D eigenvalue weighted by Crippen LogP contribution is -2.47. The molecule has 110 valence electrons. The van der Waals surface area contributed by atoms with E-state index in [1.54, 1.807) is 6.07 Å². The van der Waals surface area contributed by atoms with E-state index in [1.807, 2.05) is 13.0 Å². The molecule has 0 bridgehead atoms. The van der Waals surface area contributed by atoms with Crippen molar-refractivity contribution in [3.63, 3.8) is 0 Å². The maximum absolute atomic E-state index is 14.2. The van der Waals surface area contributed by atoms with Crippen LogP contribution < -0.4 is 10.6 Å². The Morgan fingerprint density at radius 1 is 1.25 bits per heavy atom. The highest BCUT2D eigenvalue weighted by Gasteiger charge is 2.27. The van der Waals surface area contributed by atoms with Gasteiger partial charge in [0.05, 0.1) is 5.69 Å². The molecule has 1 aliphatic heterocycles. The summed E-state index contributed by atoms with van der Waals surface area (Å²) in [5.74, 6) is 0.782. The van der Waals surface area contributed by atoms with Gasteiger partial charge in [-0.15, -0.1) is 0 Å². The largest absolute Gasteiger partial charge is 0.366 e. The second kappa shape index (κ2) is 5.70. The summed E-state index contributed by atoms with van der Waals surface area (Å²) in [6, 6.07) is 5.10. The molecule has 1 aromatic rings. The van der Waals surface area contributed by atoms with Crippen LogP contribution in [0, 0.1) is 11.7 Å². The van der Waals surface area contributed by atoms with Gasteiger partial charge in [-0.3, -0.25) is 4.90 Å². The number of halogens is 1. The Hall–Kier alpha value is -1.13. The van der Waals surface area contributed by atoms with Crippen LogP contribution in [0.1, 0.15) is 31.4 Å². The fourth-order valence-corrected chi connectivity index (χ4v) is 3.05. The summed E-state index contributed by atoms with van der Waals surface area (Å²) in [6.45, 7) is 7.00. The van der Waals surface area contributed by atoms with Crippen molar-refractivity contribution in [2.45, 2.75) is 25.8 Å². The third-order valence-electron chi connectivity index (χ3n) is 4.41. The summed E-state index contributed by atoms with van der Waals surface area (Å²) in [7, 11) is 0. The van der Waals surface area contributed by atoms with Crippen LogP contribution in [0.2, 0.25) is 0 Å². The molecule has 0 spiro atoms. The Labute approximate surface area is 120 Å². The molecule has 1 heterocycles. The fourth-order valence-electron chi connectivity index (χ4n) is 3.05. The lowest BCUT2D eigenvalue weighted by atomic mass is 10.0. The number of hydrogen-bond acceptors (Lipinski definition) is 3. The van der Waals surface area contributed by atoms with Gasteiger partial charge in [-0.25, -0.2) is 4.39 Å². The van der Waals surface area contributed by atoms with Gasteiger partial charge >= 0.3 is 0 Å². The van der Waals surface area contributed by atoms with Crippen LogP contribution in [0.3, 0.4) is 0 Å². The molecule has 1 saturated carbocycles. The normalized spacial score (nSPS) is 22.1. The van der Waals surface area contributed by atoms with Crippen molar-refractivity contribution in [2.24, 2.45) is 11.7 Å². The summed E-state index contributed by atoms with van der Waals surface area (Å²) < 4.78 is 14.2. The number of anilines is 1. The number of benzene rings is 1. The Bertz CT molecular complexity index is 463. The second-order valence-electron chi connectivity index (χ2n) is 6.20. The van der Waals surface area contributed by atoms with E-state index in [4.69, 9.17) is 5.73 Å². The van der Waals surface area contributed by atoms with E-state index in [9.17, 15) is 4.39 Å². The van der Waals surface area contributed by atoms with Crippen molar-refractivity contribution in [3.8, 4) is 0 Å². The van der Waals surface area contributed by atoms with Gasteiger partial charge in [0, 0.05) is 38.8 Å². The zero-order chi connectivity index (χ0) is 14.1. The van der Waals surface area contributed by atoms with Crippen molar-refractivity contribution in [1.29, 1.82) is 0 Å². The van der Waals surface area contributed by atoms with Crippen LogP contribution in [0.4, 0.5) is 10.1 Å². The quantitative estimate of drug-likeness (QED) is 0.917. The molecule has 4 heteroatoms. The Morgan fingerprint density at radius 3 is 2.55 bits per heavy atom. The first-order valence-electron chi connectivity index (χ1n) is 7.66. The molecule has 0 aromatic heterocycles. The van der Waals surface area contributed by atoms with Crippen molar-refractivity contribution in [3.05, 3.63) is 29.6 Å². The van der Waals surface area contributed by atoms with E-state index in [1.165, 1.54) is 25.5 Å². The Kier molecular flexibility index (Phi) is 3.94. The van der Waals surface area contributed by atoms with E-state index in [0.29, 0.717) is 5.69 Å². The summed E-state index contributed by atoms with van der Waals surface area (Å²) in [5.41, 5.74) is 7.62. The molecule has 1 saturated heterocycles.